The Balaban J connectivity index is 1.24. The molecule has 2 aromatic rings. The summed E-state index contributed by atoms with van der Waals surface area (Å²) in [4.78, 5) is 25.2. The number of piperidine rings is 1. The molecule has 1 amide bonds. The molecule has 0 radical (unpaired) electrons. The van der Waals surface area contributed by atoms with Crippen molar-refractivity contribution in [3.63, 3.8) is 0 Å². The van der Waals surface area contributed by atoms with E-state index in [4.69, 9.17) is 10.5 Å². The van der Waals surface area contributed by atoms with E-state index >= 15 is 0 Å². The van der Waals surface area contributed by atoms with Crippen LogP contribution in [0.25, 0.3) is 0 Å². The number of amides is 1. The Morgan fingerprint density at radius 3 is 2.58 bits per heavy atom. The van der Waals surface area contributed by atoms with E-state index in [0.29, 0.717) is 23.8 Å². The summed E-state index contributed by atoms with van der Waals surface area (Å²) in [6.07, 6.45) is 3.46. The van der Waals surface area contributed by atoms with Gasteiger partial charge < -0.3 is 25.8 Å². The number of phenols is 1. The number of aromatic hydroxyl groups is 1. The Morgan fingerprint density at radius 1 is 1.25 bits per heavy atom. The summed E-state index contributed by atoms with van der Waals surface area (Å²) in [5.41, 5.74) is 9.28. The minimum absolute atomic E-state index is 0.0138. The van der Waals surface area contributed by atoms with E-state index in [9.17, 15) is 20.0 Å². The number of benzene rings is 2. The van der Waals surface area contributed by atoms with Crippen molar-refractivity contribution in [2.75, 3.05) is 26.2 Å². The van der Waals surface area contributed by atoms with Gasteiger partial charge in [0.15, 0.2) is 0 Å². The predicted molar refractivity (Wildman–Crippen MR) is 137 cm³/mol. The molecule has 0 bridgehead atoms. The molecule has 0 saturated carbocycles. The van der Waals surface area contributed by atoms with Gasteiger partial charge in [-0.2, -0.15) is 0 Å². The number of ether oxygens (including phenoxy) is 1. The number of non-ortho nitro benzene ring substituents is 1. The summed E-state index contributed by atoms with van der Waals surface area (Å²) in [5.74, 6) is 0.572. The van der Waals surface area contributed by atoms with E-state index in [2.05, 4.69) is 10.2 Å². The maximum atomic E-state index is 12.5. The molecule has 2 aromatic carbocycles. The first-order valence-electron chi connectivity index (χ1n) is 12.7. The lowest BCUT2D eigenvalue weighted by molar-refractivity contribution is -0.384. The van der Waals surface area contributed by atoms with E-state index in [1.807, 2.05) is 26.0 Å². The highest BCUT2D eigenvalue weighted by Gasteiger charge is 2.35. The first-order valence-corrected chi connectivity index (χ1v) is 12.7. The highest BCUT2D eigenvalue weighted by molar-refractivity contribution is 5.94. The number of nitrogens with zero attached hydrogens (tertiary/aromatic N) is 2. The average Bonchev–Trinajstić information content (AvgIpc) is 2.89. The molecule has 3 unspecified atom stereocenters. The number of phenolic OH excluding ortho intramolecular Hbond substituents is 1. The molecular weight excluding hydrogens is 460 g/mol. The molecule has 4 rings (SSSR count). The van der Waals surface area contributed by atoms with Crippen molar-refractivity contribution in [3.05, 3.63) is 68.8 Å². The fourth-order valence-corrected chi connectivity index (χ4v) is 5.32. The number of hydrogen-bond donors (Lipinski definition) is 3. The molecule has 194 valence electrons. The van der Waals surface area contributed by atoms with Crippen molar-refractivity contribution in [2.24, 2.45) is 11.7 Å². The third-order valence-electron chi connectivity index (χ3n) is 7.58. The number of fused-ring (bicyclic) bond motifs is 1. The van der Waals surface area contributed by atoms with Gasteiger partial charge >= 0.3 is 0 Å². The number of nitro groups is 1. The molecule has 1 fully saturated rings. The number of rotatable bonds is 8. The van der Waals surface area contributed by atoms with Crippen molar-refractivity contribution in [1.29, 1.82) is 0 Å². The van der Waals surface area contributed by atoms with Crippen LogP contribution in [-0.2, 0) is 11.2 Å². The molecular formula is C27H36N4O5. The lowest BCUT2D eigenvalue weighted by atomic mass is 9.83. The highest BCUT2D eigenvalue weighted by Crippen LogP contribution is 2.40. The van der Waals surface area contributed by atoms with Crippen LogP contribution in [-0.4, -0.2) is 59.2 Å². The quantitative estimate of drug-likeness (QED) is 0.377. The number of nitrogens with one attached hydrogen (secondary N) is 1. The molecule has 9 nitrogen and oxygen atoms in total. The molecule has 1 saturated heterocycles. The second-order valence-electron chi connectivity index (χ2n) is 10.0. The molecule has 9 heteroatoms. The number of nitro benzene ring substituents is 1. The summed E-state index contributed by atoms with van der Waals surface area (Å²) in [6, 6.07) is 9.59. The summed E-state index contributed by atoms with van der Waals surface area (Å²) in [6.45, 7) is 7.11. The van der Waals surface area contributed by atoms with Gasteiger partial charge in [0.05, 0.1) is 17.1 Å². The zero-order chi connectivity index (χ0) is 25.8. The fraction of sp³-hybridized carbons (Fsp3) is 0.519. The molecule has 2 heterocycles. The SMILES string of the molecule is Cc1ccc2c(c1O)CC(C1CCN(CCC(C)NC(=O)c3ccc([N+](=O)[O-])cc3)CC1)OC2CN. The summed E-state index contributed by atoms with van der Waals surface area (Å²) >= 11 is 0. The monoisotopic (exact) mass is 496 g/mol. The number of carbonyl (C=O) groups is 1. The summed E-state index contributed by atoms with van der Waals surface area (Å²) < 4.78 is 6.40. The Bertz CT molecular complexity index is 1080. The van der Waals surface area contributed by atoms with Gasteiger partial charge in [-0.05, 0) is 75.4 Å². The standard InChI is InChI=1S/C27H36N4O5/c1-17-3-8-22-23(26(17)32)15-24(36-25(22)16-28)19-10-13-30(14-11-19)12-9-18(2)29-27(33)20-4-6-21(7-5-20)31(34)35/h3-8,18-19,24-25,32H,9-16,28H2,1-2H3,(H,29,33). The van der Waals surface area contributed by atoms with Crippen molar-refractivity contribution >= 4 is 11.6 Å². The first kappa shape index (κ1) is 26.1. The third-order valence-corrected chi connectivity index (χ3v) is 7.58. The number of likely N-dealkylation sites (tertiary alicyclic amines) is 1. The number of hydrogen-bond acceptors (Lipinski definition) is 7. The van der Waals surface area contributed by atoms with Crippen LogP contribution in [0.1, 0.15) is 59.3 Å². The minimum Gasteiger partial charge on any atom is -0.507 e. The van der Waals surface area contributed by atoms with Gasteiger partial charge in [0.2, 0.25) is 0 Å². The van der Waals surface area contributed by atoms with Crippen molar-refractivity contribution in [2.45, 2.75) is 57.8 Å². The maximum Gasteiger partial charge on any atom is 0.269 e. The second kappa shape index (κ2) is 11.4. The number of carbonyl (C=O) groups excluding carboxylic acids is 1. The molecule has 2 aliphatic rings. The van der Waals surface area contributed by atoms with Gasteiger partial charge in [-0.1, -0.05) is 12.1 Å². The third kappa shape index (κ3) is 5.86. The molecule has 3 atom stereocenters. The van der Waals surface area contributed by atoms with Crippen LogP contribution in [0.3, 0.4) is 0 Å². The molecule has 0 aromatic heterocycles. The van der Waals surface area contributed by atoms with Gasteiger partial charge in [0, 0.05) is 48.8 Å². The zero-order valence-corrected chi connectivity index (χ0v) is 21.0. The van der Waals surface area contributed by atoms with E-state index in [-0.39, 0.29) is 29.8 Å². The van der Waals surface area contributed by atoms with Crippen LogP contribution in [0.5, 0.6) is 5.75 Å². The average molecular weight is 497 g/mol. The topological polar surface area (TPSA) is 131 Å². The molecule has 2 aliphatic heterocycles. The predicted octanol–water partition coefficient (Wildman–Crippen LogP) is 3.47. The van der Waals surface area contributed by atoms with E-state index < -0.39 is 4.92 Å². The van der Waals surface area contributed by atoms with Crippen LogP contribution in [0.4, 0.5) is 5.69 Å². The van der Waals surface area contributed by atoms with Crippen LogP contribution in [0, 0.1) is 23.0 Å². The zero-order valence-electron chi connectivity index (χ0n) is 21.0. The van der Waals surface area contributed by atoms with Crippen molar-refractivity contribution in [1.82, 2.24) is 10.2 Å². The lowest BCUT2D eigenvalue weighted by Crippen LogP contribution is -2.43. The maximum absolute atomic E-state index is 12.5. The van der Waals surface area contributed by atoms with Crippen molar-refractivity contribution < 1.29 is 19.6 Å². The molecule has 0 spiro atoms. The van der Waals surface area contributed by atoms with Gasteiger partial charge in [0.1, 0.15) is 5.75 Å². The fourth-order valence-electron chi connectivity index (χ4n) is 5.32. The Kier molecular flexibility index (Phi) is 8.23. The van der Waals surface area contributed by atoms with E-state index in [1.54, 1.807) is 0 Å². The van der Waals surface area contributed by atoms with Crippen LogP contribution >= 0.6 is 0 Å². The van der Waals surface area contributed by atoms with Gasteiger partial charge in [0.25, 0.3) is 11.6 Å². The van der Waals surface area contributed by atoms with E-state index in [0.717, 1.165) is 62.0 Å². The minimum atomic E-state index is -0.478. The van der Waals surface area contributed by atoms with Gasteiger partial charge in [-0.25, -0.2) is 0 Å². The van der Waals surface area contributed by atoms with Gasteiger partial charge in [-0.15, -0.1) is 0 Å². The van der Waals surface area contributed by atoms with Gasteiger partial charge in [-0.3, -0.25) is 14.9 Å². The van der Waals surface area contributed by atoms with Crippen LogP contribution in [0.2, 0.25) is 0 Å². The number of nitrogens with two attached hydrogens (primary N) is 1. The van der Waals surface area contributed by atoms with Crippen molar-refractivity contribution in [3.8, 4) is 5.75 Å². The Hall–Kier alpha value is -3.01. The van der Waals surface area contributed by atoms with Crippen LogP contribution < -0.4 is 11.1 Å². The second-order valence-corrected chi connectivity index (χ2v) is 10.0. The summed E-state index contributed by atoms with van der Waals surface area (Å²) in [5, 5.41) is 24.4. The lowest BCUT2D eigenvalue weighted by Gasteiger charge is -2.40. The van der Waals surface area contributed by atoms with Crippen LogP contribution in [0.15, 0.2) is 36.4 Å². The first-order chi connectivity index (χ1) is 17.3. The molecule has 4 N–H and O–H groups in total. The number of aryl methyl sites for hydroxylation is 1. The molecule has 36 heavy (non-hydrogen) atoms. The normalized spacial score (nSPS) is 21.5. The smallest absolute Gasteiger partial charge is 0.269 e. The van der Waals surface area contributed by atoms with E-state index in [1.165, 1.54) is 24.3 Å². The Morgan fingerprint density at radius 2 is 1.94 bits per heavy atom. The highest BCUT2D eigenvalue weighted by atomic mass is 16.6. The largest absolute Gasteiger partial charge is 0.507 e. The summed E-state index contributed by atoms with van der Waals surface area (Å²) in [7, 11) is 0. The Labute approximate surface area is 211 Å². The molecule has 0 aliphatic carbocycles.